The molecule has 1 saturated heterocycles. The third-order valence-corrected chi connectivity index (χ3v) is 2.72. The molecule has 1 atom stereocenters. The molecule has 2 N–H and O–H groups in total. The highest BCUT2D eigenvalue weighted by Crippen LogP contribution is 2.13. The zero-order valence-corrected chi connectivity index (χ0v) is 8.69. The van der Waals surface area contributed by atoms with Crippen molar-refractivity contribution in [2.24, 2.45) is 0 Å². The number of nitrogen functional groups attached to an aromatic ring is 1. The van der Waals surface area contributed by atoms with Gasteiger partial charge < -0.3 is 15.0 Å². The summed E-state index contributed by atoms with van der Waals surface area (Å²) in [6.07, 6.45) is 5.26. The van der Waals surface area contributed by atoms with Gasteiger partial charge in [-0.1, -0.05) is 0 Å². The van der Waals surface area contributed by atoms with Crippen LogP contribution < -0.4 is 11.3 Å². The number of nitrogens with two attached hydrogens (primary N) is 1. The van der Waals surface area contributed by atoms with Crippen LogP contribution in [0.25, 0.3) is 0 Å². The van der Waals surface area contributed by atoms with Crippen molar-refractivity contribution in [1.29, 1.82) is 0 Å². The molecule has 2 rings (SSSR count). The standard InChI is InChI=1S/C11H16N2O2/c12-10-5-3-6-13(11(10)14)8-9-4-1-2-7-15-9/h3,5-6,9H,1-2,4,7-8,12H2. The molecule has 4 nitrogen and oxygen atoms in total. The van der Waals surface area contributed by atoms with Crippen LogP contribution in [0.3, 0.4) is 0 Å². The van der Waals surface area contributed by atoms with Gasteiger partial charge in [-0.2, -0.15) is 0 Å². The van der Waals surface area contributed by atoms with Crippen LogP contribution in [0.5, 0.6) is 0 Å². The molecule has 1 aliphatic rings. The average molecular weight is 208 g/mol. The summed E-state index contributed by atoms with van der Waals surface area (Å²) >= 11 is 0. The zero-order valence-electron chi connectivity index (χ0n) is 8.69. The van der Waals surface area contributed by atoms with E-state index in [1.165, 1.54) is 6.42 Å². The Bertz CT molecular complexity index is 380. The zero-order chi connectivity index (χ0) is 10.7. The van der Waals surface area contributed by atoms with Crippen molar-refractivity contribution >= 4 is 5.69 Å². The highest BCUT2D eigenvalue weighted by Gasteiger charge is 2.14. The van der Waals surface area contributed by atoms with Crippen molar-refractivity contribution in [2.75, 3.05) is 12.3 Å². The number of hydrogen-bond acceptors (Lipinski definition) is 3. The van der Waals surface area contributed by atoms with Gasteiger partial charge in [0, 0.05) is 12.8 Å². The first-order valence-corrected chi connectivity index (χ1v) is 5.34. The summed E-state index contributed by atoms with van der Waals surface area (Å²) in [4.78, 5) is 11.6. The Labute approximate surface area is 88.7 Å². The van der Waals surface area contributed by atoms with E-state index in [9.17, 15) is 4.79 Å². The number of rotatable bonds is 2. The van der Waals surface area contributed by atoms with Gasteiger partial charge in [0.15, 0.2) is 0 Å². The maximum Gasteiger partial charge on any atom is 0.273 e. The fraction of sp³-hybridized carbons (Fsp3) is 0.545. The molecule has 0 amide bonds. The van der Waals surface area contributed by atoms with E-state index in [4.69, 9.17) is 10.5 Å². The van der Waals surface area contributed by atoms with Crippen LogP contribution in [-0.2, 0) is 11.3 Å². The molecule has 15 heavy (non-hydrogen) atoms. The number of nitrogens with zero attached hydrogens (tertiary/aromatic N) is 1. The van der Waals surface area contributed by atoms with Gasteiger partial charge in [0.2, 0.25) is 0 Å². The number of hydrogen-bond donors (Lipinski definition) is 1. The van der Waals surface area contributed by atoms with Crippen molar-refractivity contribution in [3.05, 3.63) is 28.7 Å². The van der Waals surface area contributed by atoms with Crippen LogP contribution in [0.15, 0.2) is 23.1 Å². The van der Waals surface area contributed by atoms with Gasteiger partial charge in [-0.3, -0.25) is 4.79 Å². The topological polar surface area (TPSA) is 57.2 Å². The quantitative estimate of drug-likeness (QED) is 0.788. The molecule has 2 heterocycles. The Balaban J connectivity index is 2.09. The molecule has 0 radical (unpaired) electrons. The van der Waals surface area contributed by atoms with Gasteiger partial charge in [0.1, 0.15) is 0 Å². The number of ether oxygens (including phenoxy) is 1. The minimum atomic E-state index is -0.119. The van der Waals surface area contributed by atoms with E-state index in [1.807, 2.05) is 0 Å². The highest BCUT2D eigenvalue weighted by molar-refractivity contribution is 5.33. The summed E-state index contributed by atoms with van der Waals surface area (Å²) < 4.78 is 7.21. The fourth-order valence-corrected chi connectivity index (χ4v) is 1.87. The van der Waals surface area contributed by atoms with E-state index in [-0.39, 0.29) is 11.7 Å². The largest absolute Gasteiger partial charge is 0.394 e. The monoisotopic (exact) mass is 208 g/mol. The van der Waals surface area contributed by atoms with E-state index >= 15 is 0 Å². The molecule has 4 heteroatoms. The van der Waals surface area contributed by atoms with E-state index in [0.717, 1.165) is 19.4 Å². The van der Waals surface area contributed by atoms with Crippen LogP contribution in [0.2, 0.25) is 0 Å². The normalized spacial score (nSPS) is 21.5. The summed E-state index contributed by atoms with van der Waals surface area (Å²) in [6.45, 7) is 1.42. The molecule has 1 aromatic rings. The molecule has 0 aromatic carbocycles. The molecule has 1 aliphatic heterocycles. The van der Waals surface area contributed by atoms with E-state index in [0.29, 0.717) is 12.2 Å². The molecular weight excluding hydrogens is 192 g/mol. The van der Waals surface area contributed by atoms with Crippen LogP contribution in [0, 0.1) is 0 Å². The van der Waals surface area contributed by atoms with Crippen LogP contribution in [0.1, 0.15) is 19.3 Å². The Morgan fingerprint density at radius 2 is 2.40 bits per heavy atom. The summed E-state index contributed by atoms with van der Waals surface area (Å²) in [5.74, 6) is 0. The second kappa shape index (κ2) is 4.49. The maximum atomic E-state index is 11.6. The second-order valence-corrected chi connectivity index (χ2v) is 3.91. The Kier molecular flexibility index (Phi) is 3.06. The molecule has 0 bridgehead atoms. The predicted octanol–water partition coefficient (Wildman–Crippen LogP) is 1.000. The lowest BCUT2D eigenvalue weighted by atomic mass is 10.1. The lowest BCUT2D eigenvalue weighted by Crippen LogP contribution is -2.31. The molecule has 82 valence electrons. The SMILES string of the molecule is Nc1cccn(CC2CCCCO2)c1=O. The van der Waals surface area contributed by atoms with Crippen molar-refractivity contribution in [3.63, 3.8) is 0 Å². The molecule has 1 aromatic heterocycles. The van der Waals surface area contributed by atoms with Crippen molar-refractivity contribution in [2.45, 2.75) is 31.9 Å². The van der Waals surface area contributed by atoms with Crippen molar-refractivity contribution < 1.29 is 4.74 Å². The Morgan fingerprint density at radius 1 is 1.53 bits per heavy atom. The first-order valence-electron chi connectivity index (χ1n) is 5.34. The van der Waals surface area contributed by atoms with Crippen molar-refractivity contribution in [3.8, 4) is 0 Å². The predicted molar refractivity (Wildman–Crippen MR) is 58.7 cm³/mol. The number of anilines is 1. The maximum absolute atomic E-state index is 11.6. The van der Waals surface area contributed by atoms with Gasteiger partial charge in [-0.25, -0.2) is 0 Å². The summed E-state index contributed by atoms with van der Waals surface area (Å²) in [6, 6.07) is 3.42. The minimum absolute atomic E-state index is 0.119. The first-order chi connectivity index (χ1) is 7.27. The molecule has 1 fully saturated rings. The first kappa shape index (κ1) is 10.2. The van der Waals surface area contributed by atoms with Gasteiger partial charge in [0.05, 0.1) is 18.3 Å². The summed E-state index contributed by atoms with van der Waals surface area (Å²) in [7, 11) is 0. The van der Waals surface area contributed by atoms with E-state index in [1.54, 1.807) is 22.9 Å². The number of aromatic nitrogens is 1. The number of pyridine rings is 1. The second-order valence-electron chi connectivity index (χ2n) is 3.91. The Hall–Kier alpha value is -1.29. The fourth-order valence-electron chi connectivity index (χ4n) is 1.87. The molecule has 0 aliphatic carbocycles. The molecule has 1 unspecified atom stereocenters. The van der Waals surface area contributed by atoms with Crippen LogP contribution >= 0.6 is 0 Å². The van der Waals surface area contributed by atoms with Crippen LogP contribution in [0.4, 0.5) is 5.69 Å². The van der Waals surface area contributed by atoms with Gasteiger partial charge in [0.25, 0.3) is 5.56 Å². The molecule has 0 saturated carbocycles. The summed E-state index contributed by atoms with van der Waals surface area (Å²) in [5.41, 5.74) is 5.73. The third-order valence-electron chi connectivity index (χ3n) is 2.72. The highest BCUT2D eigenvalue weighted by atomic mass is 16.5. The van der Waals surface area contributed by atoms with Crippen LogP contribution in [-0.4, -0.2) is 17.3 Å². The van der Waals surface area contributed by atoms with Gasteiger partial charge in [-0.15, -0.1) is 0 Å². The lowest BCUT2D eigenvalue weighted by Gasteiger charge is -2.23. The Morgan fingerprint density at radius 3 is 3.13 bits per heavy atom. The smallest absolute Gasteiger partial charge is 0.273 e. The third kappa shape index (κ3) is 2.39. The average Bonchev–Trinajstić information content (AvgIpc) is 2.26. The molecular formula is C11H16N2O2. The molecule has 0 spiro atoms. The van der Waals surface area contributed by atoms with E-state index in [2.05, 4.69) is 0 Å². The minimum Gasteiger partial charge on any atom is -0.394 e. The van der Waals surface area contributed by atoms with Crippen molar-refractivity contribution in [1.82, 2.24) is 4.57 Å². The summed E-state index contributed by atoms with van der Waals surface area (Å²) in [5, 5.41) is 0. The lowest BCUT2D eigenvalue weighted by molar-refractivity contribution is 0.00547. The van der Waals surface area contributed by atoms with Gasteiger partial charge >= 0.3 is 0 Å². The van der Waals surface area contributed by atoms with E-state index < -0.39 is 0 Å². The van der Waals surface area contributed by atoms with Gasteiger partial charge in [-0.05, 0) is 31.4 Å².